The van der Waals surface area contributed by atoms with Crippen molar-refractivity contribution in [3.63, 3.8) is 0 Å². The minimum absolute atomic E-state index is 0.135. The quantitative estimate of drug-likeness (QED) is 0.417. The van der Waals surface area contributed by atoms with Crippen LogP contribution in [0.2, 0.25) is 0 Å². The van der Waals surface area contributed by atoms with Crippen molar-refractivity contribution >= 4 is 28.4 Å². The fourth-order valence-electron chi connectivity index (χ4n) is 4.72. The molecule has 200 valence electrons. The Hall–Kier alpha value is -3.79. The van der Waals surface area contributed by atoms with Crippen molar-refractivity contribution in [1.82, 2.24) is 29.2 Å². The highest BCUT2D eigenvalue weighted by atomic mass is 19.1. The van der Waals surface area contributed by atoms with Crippen molar-refractivity contribution < 1.29 is 4.39 Å². The van der Waals surface area contributed by atoms with Crippen LogP contribution in [0, 0.1) is 5.82 Å². The monoisotopic (exact) mass is 518 g/mol. The van der Waals surface area contributed by atoms with Gasteiger partial charge in [-0.2, -0.15) is 4.98 Å². The summed E-state index contributed by atoms with van der Waals surface area (Å²) in [6.07, 6.45) is 1.52. The van der Waals surface area contributed by atoms with E-state index < -0.39 is 0 Å². The molecule has 0 radical (unpaired) electrons. The van der Waals surface area contributed by atoms with Crippen LogP contribution in [-0.2, 0) is 5.41 Å². The van der Waals surface area contributed by atoms with Gasteiger partial charge >= 0.3 is 0 Å². The van der Waals surface area contributed by atoms with Gasteiger partial charge in [0, 0.05) is 55.2 Å². The molecule has 1 fully saturated rings. The van der Waals surface area contributed by atoms with E-state index in [9.17, 15) is 4.79 Å². The van der Waals surface area contributed by atoms with Gasteiger partial charge in [0.2, 0.25) is 5.95 Å². The topological polar surface area (TPSA) is 84.1 Å². The maximum atomic E-state index is 15.1. The molecule has 0 atom stereocenters. The predicted octanol–water partition coefficient (Wildman–Crippen LogP) is 4.49. The molecule has 0 unspecified atom stereocenters. The lowest BCUT2D eigenvalue weighted by Crippen LogP contribution is -2.44. The molecular formula is C28H35FN8O. The number of hydrogen-bond acceptors (Lipinski definition) is 7. The molecule has 0 bridgehead atoms. The average molecular weight is 519 g/mol. The van der Waals surface area contributed by atoms with Crippen LogP contribution >= 0.6 is 0 Å². The second-order valence-corrected chi connectivity index (χ2v) is 11.2. The Balaban J connectivity index is 1.53. The van der Waals surface area contributed by atoms with Crippen molar-refractivity contribution in [1.29, 1.82) is 0 Å². The molecule has 1 saturated heterocycles. The largest absolute Gasteiger partial charge is 0.367 e. The second kappa shape index (κ2) is 9.83. The first-order valence-electron chi connectivity index (χ1n) is 13.0. The van der Waals surface area contributed by atoms with E-state index in [0.717, 1.165) is 31.9 Å². The lowest BCUT2D eigenvalue weighted by molar-refractivity contribution is 0.311. The summed E-state index contributed by atoms with van der Waals surface area (Å²) < 4.78 is 18.5. The fraction of sp³-hybridized carbons (Fsp3) is 0.429. The number of benzene rings is 1. The van der Waals surface area contributed by atoms with Crippen LogP contribution in [0.5, 0.6) is 0 Å². The molecule has 5 rings (SSSR count). The van der Waals surface area contributed by atoms with Gasteiger partial charge in [-0.25, -0.2) is 23.7 Å². The van der Waals surface area contributed by atoms with Crippen molar-refractivity contribution in [3.05, 3.63) is 64.5 Å². The molecule has 4 heterocycles. The summed E-state index contributed by atoms with van der Waals surface area (Å²) in [5.41, 5.74) is 2.12. The van der Waals surface area contributed by atoms with Gasteiger partial charge < -0.3 is 15.1 Å². The molecule has 3 aromatic heterocycles. The van der Waals surface area contributed by atoms with Crippen molar-refractivity contribution in [3.8, 4) is 5.82 Å². The highest BCUT2D eigenvalue weighted by molar-refractivity contribution is 5.77. The van der Waals surface area contributed by atoms with Crippen molar-refractivity contribution in [2.45, 2.75) is 46.1 Å². The number of pyridine rings is 1. The van der Waals surface area contributed by atoms with E-state index in [1.54, 1.807) is 15.4 Å². The van der Waals surface area contributed by atoms with Gasteiger partial charge in [-0.3, -0.25) is 4.79 Å². The molecule has 4 aromatic rings. The number of nitrogens with zero attached hydrogens (tertiary/aromatic N) is 7. The number of halogens is 1. The van der Waals surface area contributed by atoms with Gasteiger partial charge in [0.05, 0.1) is 5.69 Å². The van der Waals surface area contributed by atoms with E-state index in [1.807, 2.05) is 38.1 Å². The second-order valence-electron chi connectivity index (χ2n) is 11.2. The summed E-state index contributed by atoms with van der Waals surface area (Å²) in [5.74, 6) is 0.572. The number of anilines is 3. The smallest absolute Gasteiger partial charge is 0.278 e. The average Bonchev–Trinajstić information content (AvgIpc) is 3.16. The fourth-order valence-corrected chi connectivity index (χ4v) is 4.72. The molecular weight excluding hydrogens is 483 g/mol. The van der Waals surface area contributed by atoms with Gasteiger partial charge in [0.15, 0.2) is 11.5 Å². The standard InChI is InChI=1S/C28H35FN8O/c1-18(2)36-26(38)20-17-30-27(33-25(20)37(36)24-9-7-8-23(32-24)28(3,4)5)31-19-10-11-22(21(29)16-19)35-14-12-34(6)13-15-35/h7-11,16-18H,12-15H2,1-6H3,(H,30,31,33). The molecule has 9 nitrogen and oxygen atoms in total. The van der Waals surface area contributed by atoms with Crippen LogP contribution in [-0.4, -0.2) is 62.4 Å². The molecule has 0 amide bonds. The molecule has 10 heteroatoms. The van der Waals surface area contributed by atoms with E-state index in [4.69, 9.17) is 9.97 Å². The summed E-state index contributed by atoms with van der Waals surface area (Å²) >= 11 is 0. The highest BCUT2D eigenvalue weighted by Crippen LogP contribution is 2.27. The number of aromatic nitrogens is 5. The summed E-state index contributed by atoms with van der Waals surface area (Å²) in [4.78, 5) is 31.6. The van der Waals surface area contributed by atoms with Gasteiger partial charge in [0.25, 0.3) is 5.56 Å². The van der Waals surface area contributed by atoms with Crippen LogP contribution in [0.4, 0.5) is 21.7 Å². The Kier molecular flexibility index (Phi) is 6.68. The van der Waals surface area contributed by atoms with E-state index in [0.29, 0.717) is 28.2 Å². The first-order chi connectivity index (χ1) is 18.0. The van der Waals surface area contributed by atoms with E-state index >= 15 is 4.39 Å². The summed E-state index contributed by atoms with van der Waals surface area (Å²) in [7, 11) is 2.07. The van der Waals surface area contributed by atoms with Gasteiger partial charge in [-0.15, -0.1) is 0 Å². The number of piperazine rings is 1. The third-order valence-corrected chi connectivity index (χ3v) is 6.88. The zero-order valence-corrected chi connectivity index (χ0v) is 22.9. The molecule has 38 heavy (non-hydrogen) atoms. The summed E-state index contributed by atoms with van der Waals surface area (Å²) in [6, 6.07) is 10.7. The SMILES string of the molecule is CC(C)n1c(=O)c2cnc(Nc3ccc(N4CCN(C)CC4)c(F)c3)nc2n1-c1cccc(C(C)(C)C)n1. The van der Waals surface area contributed by atoms with Crippen LogP contribution in [0.15, 0.2) is 47.4 Å². The maximum Gasteiger partial charge on any atom is 0.278 e. The Morgan fingerprint density at radius 3 is 2.42 bits per heavy atom. The Bertz CT molecular complexity index is 1530. The van der Waals surface area contributed by atoms with Crippen LogP contribution in [0.1, 0.15) is 46.4 Å². The van der Waals surface area contributed by atoms with Crippen LogP contribution in [0.25, 0.3) is 16.9 Å². The Morgan fingerprint density at radius 2 is 1.76 bits per heavy atom. The van der Waals surface area contributed by atoms with Gasteiger partial charge in [-0.05, 0) is 51.2 Å². The maximum absolute atomic E-state index is 15.1. The van der Waals surface area contributed by atoms with Crippen LogP contribution in [0.3, 0.4) is 0 Å². The Labute approximate surface area is 221 Å². The number of fused-ring (bicyclic) bond motifs is 1. The zero-order valence-electron chi connectivity index (χ0n) is 22.9. The lowest BCUT2D eigenvalue weighted by atomic mass is 9.92. The zero-order chi connectivity index (χ0) is 27.2. The van der Waals surface area contributed by atoms with Gasteiger partial charge in [0.1, 0.15) is 11.2 Å². The molecule has 0 spiro atoms. The first-order valence-corrected chi connectivity index (χ1v) is 13.0. The molecule has 1 aliphatic rings. The third-order valence-electron chi connectivity index (χ3n) is 6.88. The lowest BCUT2D eigenvalue weighted by Gasteiger charge is -2.34. The number of likely N-dealkylation sites (N-methyl/N-ethyl adjacent to an activating group) is 1. The van der Waals surface area contributed by atoms with E-state index in [1.165, 1.54) is 12.3 Å². The van der Waals surface area contributed by atoms with E-state index in [2.05, 4.69) is 47.9 Å². The number of hydrogen-bond donors (Lipinski definition) is 1. The summed E-state index contributed by atoms with van der Waals surface area (Å²) in [6.45, 7) is 13.6. The molecule has 1 N–H and O–H groups in total. The first kappa shape index (κ1) is 25.8. The number of rotatable bonds is 5. The van der Waals surface area contributed by atoms with Gasteiger partial charge in [-0.1, -0.05) is 26.8 Å². The van der Waals surface area contributed by atoms with E-state index in [-0.39, 0.29) is 28.8 Å². The molecule has 0 saturated carbocycles. The van der Waals surface area contributed by atoms with Crippen LogP contribution < -0.4 is 15.8 Å². The number of nitrogens with one attached hydrogen (secondary N) is 1. The summed E-state index contributed by atoms with van der Waals surface area (Å²) in [5, 5.41) is 3.50. The minimum Gasteiger partial charge on any atom is -0.367 e. The highest BCUT2D eigenvalue weighted by Gasteiger charge is 2.23. The van der Waals surface area contributed by atoms with Crippen molar-refractivity contribution in [2.75, 3.05) is 43.4 Å². The molecule has 1 aliphatic heterocycles. The predicted molar refractivity (Wildman–Crippen MR) is 149 cm³/mol. The third kappa shape index (κ3) is 4.88. The van der Waals surface area contributed by atoms with Crippen molar-refractivity contribution in [2.24, 2.45) is 0 Å². The molecule has 0 aliphatic carbocycles. The Morgan fingerprint density at radius 1 is 1.03 bits per heavy atom. The normalized spacial score (nSPS) is 15.0. The molecule has 1 aromatic carbocycles. The minimum atomic E-state index is -0.299.